The van der Waals surface area contributed by atoms with E-state index in [0.29, 0.717) is 17.4 Å². The largest absolute Gasteiger partial charge is 0.352 e. The molecule has 0 aliphatic heterocycles. The lowest BCUT2D eigenvalue weighted by atomic mass is 9.98. The van der Waals surface area contributed by atoms with Crippen LogP contribution < -0.4 is 5.32 Å². The summed E-state index contributed by atoms with van der Waals surface area (Å²) in [7, 11) is 0. The number of hydrogen-bond donors (Lipinski definition) is 1. The summed E-state index contributed by atoms with van der Waals surface area (Å²) < 4.78 is 0. The third-order valence-corrected chi connectivity index (χ3v) is 4.84. The second-order valence-corrected chi connectivity index (χ2v) is 6.05. The fraction of sp³-hybridized carbons (Fsp3) is 0.600. The number of hydrogen-bond acceptors (Lipinski definition) is 2. The fourth-order valence-electron chi connectivity index (χ4n) is 2.83. The summed E-state index contributed by atoms with van der Waals surface area (Å²) in [6.07, 6.45) is 3.78. The molecule has 3 nitrogen and oxygen atoms in total. The number of pyridine rings is 1. The zero-order chi connectivity index (χ0) is 13.8. The van der Waals surface area contributed by atoms with E-state index < -0.39 is 0 Å². The molecule has 0 aromatic carbocycles. The zero-order valence-corrected chi connectivity index (χ0v) is 13.2. The standard InChI is InChI=1S/C15H21BrN2O/c1-10-6-7-14(11(2)18-10)15(19)17-9-13-5-3-4-12(13)8-16/h6-7,12-13H,3-5,8-9H2,1-2H3,(H,17,19). The first-order valence-electron chi connectivity index (χ1n) is 6.90. The number of aromatic nitrogens is 1. The molecular weight excluding hydrogens is 304 g/mol. The fourth-order valence-corrected chi connectivity index (χ4v) is 3.68. The molecule has 1 fully saturated rings. The monoisotopic (exact) mass is 324 g/mol. The van der Waals surface area contributed by atoms with Crippen molar-refractivity contribution in [3.8, 4) is 0 Å². The van der Waals surface area contributed by atoms with Gasteiger partial charge in [0.05, 0.1) is 11.3 Å². The van der Waals surface area contributed by atoms with Crippen molar-refractivity contribution < 1.29 is 4.79 Å². The van der Waals surface area contributed by atoms with Gasteiger partial charge in [0.2, 0.25) is 0 Å². The molecule has 1 N–H and O–H groups in total. The Kier molecular flexibility index (Phi) is 4.97. The molecule has 1 amide bonds. The zero-order valence-electron chi connectivity index (χ0n) is 11.6. The van der Waals surface area contributed by atoms with Crippen molar-refractivity contribution in [2.24, 2.45) is 11.8 Å². The van der Waals surface area contributed by atoms with Crippen LogP contribution in [0.4, 0.5) is 0 Å². The summed E-state index contributed by atoms with van der Waals surface area (Å²) in [6, 6.07) is 3.75. The number of nitrogens with zero attached hydrogens (tertiary/aromatic N) is 1. The predicted molar refractivity (Wildman–Crippen MR) is 80.7 cm³/mol. The summed E-state index contributed by atoms with van der Waals surface area (Å²) >= 11 is 3.57. The van der Waals surface area contributed by atoms with Crippen LogP contribution in [0.5, 0.6) is 0 Å². The van der Waals surface area contributed by atoms with E-state index in [1.807, 2.05) is 26.0 Å². The number of rotatable bonds is 4. The van der Waals surface area contributed by atoms with Gasteiger partial charge >= 0.3 is 0 Å². The van der Waals surface area contributed by atoms with E-state index >= 15 is 0 Å². The van der Waals surface area contributed by atoms with Crippen LogP contribution in [-0.2, 0) is 0 Å². The SMILES string of the molecule is Cc1ccc(C(=O)NCC2CCCC2CBr)c(C)n1. The smallest absolute Gasteiger partial charge is 0.253 e. The minimum atomic E-state index is 0.00484. The van der Waals surface area contributed by atoms with Crippen molar-refractivity contribution in [2.75, 3.05) is 11.9 Å². The number of carbonyl (C=O) groups excluding carboxylic acids is 1. The lowest BCUT2D eigenvalue weighted by Gasteiger charge is -2.18. The number of amides is 1. The molecule has 19 heavy (non-hydrogen) atoms. The molecule has 0 bridgehead atoms. The highest BCUT2D eigenvalue weighted by molar-refractivity contribution is 9.09. The van der Waals surface area contributed by atoms with Gasteiger partial charge < -0.3 is 5.32 Å². The minimum Gasteiger partial charge on any atom is -0.352 e. The molecule has 0 spiro atoms. The number of alkyl halides is 1. The second kappa shape index (κ2) is 6.51. The Balaban J connectivity index is 1.94. The molecule has 2 atom stereocenters. The Bertz CT molecular complexity index is 461. The Morgan fingerprint density at radius 3 is 2.79 bits per heavy atom. The van der Waals surface area contributed by atoms with Gasteiger partial charge in [-0.1, -0.05) is 22.4 Å². The molecule has 1 heterocycles. The van der Waals surface area contributed by atoms with Crippen molar-refractivity contribution in [3.63, 3.8) is 0 Å². The molecule has 104 valence electrons. The van der Waals surface area contributed by atoms with E-state index in [2.05, 4.69) is 26.2 Å². The summed E-state index contributed by atoms with van der Waals surface area (Å²) in [6.45, 7) is 4.61. The van der Waals surface area contributed by atoms with Gasteiger partial charge in [-0.05, 0) is 50.7 Å². The topological polar surface area (TPSA) is 42.0 Å². The van der Waals surface area contributed by atoms with E-state index in [1.165, 1.54) is 19.3 Å². The molecule has 1 aromatic heterocycles. The average molecular weight is 325 g/mol. The number of aryl methyl sites for hydroxylation is 2. The molecule has 1 saturated carbocycles. The maximum atomic E-state index is 12.2. The second-order valence-electron chi connectivity index (χ2n) is 5.40. The van der Waals surface area contributed by atoms with Crippen molar-refractivity contribution >= 4 is 21.8 Å². The molecule has 0 saturated heterocycles. The van der Waals surface area contributed by atoms with Crippen LogP contribution in [-0.4, -0.2) is 22.8 Å². The average Bonchev–Trinajstić information content (AvgIpc) is 2.83. The Hall–Kier alpha value is -0.900. The molecule has 1 aromatic rings. The third kappa shape index (κ3) is 3.56. The van der Waals surface area contributed by atoms with Crippen LogP contribution in [0.15, 0.2) is 12.1 Å². The first kappa shape index (κ1) is 14.5. The van der Waals surface area contributed by atoms with Gasteiger partial charge in [0.1, 0.15) is 0 Å². The van der Waals surface area contributed by atoms with Gasteiger partial charge in [-0.25, -0.2) is 0 Å². The van der Waals surface area contributed by atoms with Crippen LogP contribution in [0.1, 0.15) is 41.0 Å². The summed E-state index contributed by atoms with van der Waals surface area (Å²) in [5.74, 6) is 1.32. The minimum absolute atomic E-state index is 0.00484. The highest BCUT2D eigenvalue weighted by Gasteiger charge is 2.26. The summed E-state index contributed by atoms with van der Waals surface area (Å²) in [5, 5.41) is 4.11. The third-order valence-electron chi connectivity index (χ3n) is 4.01. The lowest BCUT2D eigenvalue weighted by Crippen LogP contribution is -2.31. The van der Waals surface area contributed by atoms with Crippen LogP contribution in [0.2, 0.25) is 0 Å². The highest BCUT2D eigenvalue weighted by atomic mass is 79.9. The molecule has 1 aliphatic carbocycles. The highest BCUT2D eigenvalue weighted by Crippen LogP contribution is 2.32. The van der Waals surface area contributed by atoms with Gasteiger partial charge in [-0.3, -0.25) is 9.78 Å². The molecule has 2 rings (SSSR count). The van der Waals surface area contributed by atoms with Crippen molar-refractivity contribution in [2.45, 2.75) is 33.1 Å². The van der Waals surface area contributed by atoms with Gasteiger partial charge in [0.15, 0.2) is 0 Å². The van der Waals surface area contributed by atoms with Gasteiger partial charge in [0, 0.05) is 17.6 Å². The summed E-state index contributed by atoms with van der Waals surface area (Å²) in [4.78, 5) is 16.5. The van der Waals surface area contributed by atoms with Crippen molar-refractivity contribution in [3.05, 3.63) is 29.1 Å². The molecule has 0 radical (unpaired) electrons. The molecule has 2 unspecified atom stereocenters. The molecule has 1 aliphatic rings. The van der Waals surface area contributed by atoms with E-state index in [0.717, 1.165) is 23.3 Å². The van der Waals surface area contributed by atoms with E-state index in [4.69, 9.17) is 0 Å². The van der Waals surface area contributed by atoms with Gasteiger partial charge in [-0.2, -0.15) is 0 Å². The van der Waals surface area contributed by atoms with E-state index in [9.17, 15) is 4.79 Å². The van der Waals surface area contributed by atoms with Gasteiger partial charge in [0.25, 0.3) is 5.91 Å². The lowest BCUT2D eigenvalue weighted by molar-refractivity contribution is 0.0943. The van der Waals surface area contributed by atoms with Crippen molar-refractivity contribution in [1.29, 1.82) is 0 Å². The first-order chi connectivity index (χ1) is 9.11. The Labute approximate surface area is 123 Å². The number of carbonyl (C=O) groups is 1. The van der Waals surface area contributed by atoms with Crippen LogP contribution >= 0.6 is 15.9 Å². The Morgan fingerprint density at radius 2 is 2.11 bits per heavy atom. The maximum Gasteiger partial charge on any atom is 0.253 e. The normalized spacial score (nSPS) is 22.5. The van der Waals surface area contributed by atoms with E-state index in [-0.39, 0.29) is 5.91 Å². The van der Waals surface area contributed by atoms with Gasteiger partial charge in [-0.15, -0.1) is 0 Å². The number of nitrogens with one attached hydrogen (secondary N) is 1. The molecular formula is C15H21BrN2O. The summed E-state index contributed by atoms with van der Waals surface area (Å²) in [5.41, 5.74) is 2.45. The number of halogens is 1. The van der Waals surface area contributed by atoms with Crippen molar-refractivity contribution in [1.82, 2.24) is 10.3 Å². The van der Waals surface area contributed by atoms with Crippen LogP contribution in [0, 0.1) is 25.7 Å². The van der Waals surface area contributed by atoms with Crippen LogP contribution in [0.3, 0.4) is 0 Å². The molecule has 4 heteroatoms. The van der Waals surface area contributed by atoms with E-state index in [1.54, 1.807) is 0 Å². The first-order valence-corrected chi connectivity index (χ1v) is 8.02. The van der Waals surface area contributed by atoms with Crippen LogP contribution in [0.25, 0.3) is 0 Å². The predicted octanol–water partition coefficient (Wildman–Crippen LogP) is 3.24. The quantitative estimate of drug-likeness (QED) is 0.864. The maximum absolute atomic E-state index is 12.2. The Morgan fingerprint density at radius 1 is 1.37 bits per heavy atom.